The number of rotatable bonds is 7. The van der Waals surface area contributed by atoms with E-state index in [-0.39, 0.29) is 17.0 Å². The lowest BCUT2D eigenvalue weighted by Crippen LogP contribution is -2.40. The van der Waals surface area contributed by atoms with Crippen LogP contribution in [-0.4, -0.2) is 63.6 Å². The molecule has 0 bridgehead atoms. The molecule has 31 heavy (non-hydrogen) atoms. The topological polar surface area (TPSA) is 117 Å². The first-order valence-corrected chi connectivity index (χ1v) is 11.1. The van der Waals surface area contributed by atoms with Crippen LogP contribution in [0.15, 0.2) is 58.5 Å². The van der Waals surface area contributed by atoms with Gasteiger partial charge in [-0.2, -0.15) is 9.41 Å². The summed E-state index contributed by atoms with van der Waals surface area (Å²) in [5.41, 5.74) is 4.54. The maximum Gasteiger partial charge on any atom is 0.259 e. The van der Waals surface area contributed by atoms with Gasteiger partial charge in [0, 0.05) is 18.7 Å². The van der Waals surface area contributed by atoms with Gasteiger partial charge in [-0.3, -0.25) is 9.59 Å². The molecule has 2 aromatic rings. The summed E-state index contributed by atoms with van der Waals surface area (Å²) < 4.78 is 31.7. The molecular formula is C21H24N4O5S. The Kier molecular flexibility index (Phi) is 7.50. The number of hydrogen-bond donors (Lipinski definition) is 2. The van der Waals surface area contributed by atoms with E-state index in [2.05, 4.69) is 15.8 Å². The highest BCUT2D eigenvalue weighted by atomic mass is 32.2. The molecule has 0 radical (unpaired) electrons. The van der Waals surface area contributed by atoms with Gasteiger partial charge in [0.2, 0.25) is 10.0 Å². The molecule has 2 amide bonds. The van der Waals surface area contributed by atoms with Crippen molar-refractivity contribution in [1.82, 2.24) is 15.0 Å². The van der Waals surface area contributed by atoms with E-state index >= 15 is 0 Å². The maximum atomic E-state index is 12.6. The van der Waals surface area contributed by atoms with Crippen molar-refractivity contribution in [2.45, 2.75) is 11.8 Å². The van der Waals surface area contributed by atoms with Crippen molar-refractivity contribution in [2.24, 2.45) is 5.10 Å². The highest BCUT2D eigenvalue weighted by molar-refractivity contribution is 7.89. The zero-order valence-electron chi connectivity index (χ0n) is 17.1. The molecule has 9 nitrogen and oxygen atoms in total. The van der Waals surface area contributed by atoms with Gasteiger partial charge in [-0.1, -0.05) is 29.8 Å². The van der Waals surface area contributed by atoms with E-state index in [1.54, 1.807) is 0 Å². The first-order chi connectivity index (χ1) is 14.9. The molecular weight excluding hydrogens is 420 g/mol. The van der Waals surface area contributed by atoms with Crippen LogP contribution in [-0.2, 0) is 19.6 Å². The molecule has 1 fully saturated rings. The largest absolute Gasteiger partial charge is 0.379 e. The standard InChI is InChI=1S/C21H24N4O5S/c1-16-2-4-17(5-3-16)14-23-24-20(26)15-22-21(27)18-6-8-19(9-7-18)31(28,29)25-10-12-30-13-11-25/h2-9,14H,10-13,15H2,1H3,(H,22,27)(H,24,26)/b23-14+. The molecule has 0 atom stereocenters. The first kappa shape index (κ1) is 22.6. The van der Waals surface area contributed by atoms with E-state index in [0.717, 1.165) is 11.1 Å². The monoisotopic (exact) mass is 444 g/mol. The average Bonchev–Trinajstić information content (AvgIpc) is 2.79. The normalized spacial score (nSPS) is 15.0. The minimum atomic E-state index is -3.62. The Morgan fingerprint density at radius 1 is 1.06 bits per heavy atom. The summed E-state index contributed by atoms with van der Waals surface area (Å²) >= 11 is 0. The Labute approximate surface area is 181 Å². The quantitative estimate of drug-likeness (QED) is 0.486. The number of aryl methyl sites for hydroxylation is 1. The number of morpholine rings is 1. The zero-order chi connectivity index (χ0) is 22.3. The van der Waals surface area contributed by atoms with Crippen molar-refractivity contribution < 1.29 is 22.7 Å². The summed E-state index contributed by atoms with van der Waals surface area (Å²) in [7, 11) is -3.62. The molecule has 0 aromatic heterocycles. The van der Waals surface area contributed by atoms with Gasteiger partial charge >= 0.3 is 0 Å². The molecule has 10 heteroatoms. The molecule has 2 aromatic carbocycles. The van der Waals surface area contributed by atoms with Crippen molar-refractivity contribution in [3.05, 3.63) is 65.2 Å². The van der Waals surface area contributed by atoms with Crippen LogP contribution >= 0.6 is 0 Å². The van der Waals surface area contributed by atoms with Crippen LogP contribution in [0.25, 0.3) is 0 Å². The Balaban J connectivity index is 1.50. The van der Waals surface area contributed by atoms with E-state index in [1.165, 1.54) is 34.8 Å². The summed E-state index contributed by atoms with van der Waals surface area (Å²) in [6.45, 7) is 3.02. The number of hydrogen-bond acceptors (Lipinski definition) is 6. The van der Waals surface area contributed by atoms with Crippen molar-refractivity contribution in [3.8, 4) is 0 Å². The number of amides is 2. The number of ether oxygens (including phenoxy) is 1. The summed E-state index contributed by atoms with van der Waals surface area (Å²) in [6, 6.07) is 13.2. The third-order valence-corrected chi connectivity index (χ3v) is 6.53. The van der Waals surface area contributed by atoms with Crippen LogP contribution < -0.4 is 10.7 Å². The second-order valence-electron chi connectivity index (χ2n) is 6.93. The fourth-order valence-corrected chi connectivity index (χ4v) is 4.26. The van der Waals surface area contributed by atoms with E-state index in [9.17, 15) is 18.0 Å². The number of nitrogens with zero attached hydrogens (tertiary/aromatic N) is 2. The Morgan fingerprint density at radius 3 is 2.35 bits per heavy atom. The van der Waals surface area contributed by atoms with Crippen LogP contribution in [0.1, 0.15) is 21.5 Å². The summed E-state index contributed by atoms with van der Waals surface area (Å²) in [6.07, 6.45) is 1.51. The second-order valence-corrected chi connectivity index (χ2v) is 8.87. The molecule has 1 aliphatic rings. The van der Waals surface area contributed by atoms with Gasteiger partial charge in [0.05, 0.1) is 30.9 Å². The number of benzene rings is 2. The van der Waals surface area contributed by atoms with Gasteiger partial charge in [-0.05, 0) is 36.8 Å². The molecule has 0 spiro atoms. The third kappa shape index (κ3) is 6.20. The van der Waals surface area contributed by atoms with Crippen molar-refractivity contribution in [3.63, 3.8) is 0 Å². The van der Waals surface area contributed by atoms with E-state index in [0.29, 0.717) is 26.3 Å². The van der Waals surface area contributed by atoms with E-state index < -0.39 is 21.8 Å². The predicted molar refractivity (Wildman–Crippen MR) is 115 cm³/mol. The van der Waals surface area contributed by atoms with Gasteiger partial charge in [-0.25, -0.2) is 13.8 Å². The van der Waals surface area contributed by atoms with E-state index in [4.69, 9.17) is 4.74 Å². The molecule has 2 N–H and O–H groups in total. The van der Waals surface area contributed by atoms with Crippen LogP contribution in [0.4, 0.5) is 0 Å². The molecule has 0 aliphatic carbocycles. The molecule has 1 saturated heterocycles. The lowest BCUT2D eigenvalue weighted by atomic mass is 10.2. The lowest BCUT2D eigenvalue weighted by Gasteiger charge is -2.26. The van der Waals surface area contributed by atoms with Gasteiger partial charge in [0.25, 0.3) is 11.8 Å². The molecule has 0 saturated carbocycles. The first-order valence-electron chi connectivity index (χ1n) is 9.71. The van der Waals surface area contributed by atoms with Gasteiger partial charge in [-0.15, -0.1) is 0 Å². The predicted octanol–water partition coefficient (Wildman–Crippen LogP) is 0.896. The number of sulfonamides is 1. The minimum absolute atomic E-state index is 0.106. The number of carbonyl (C=O) groups is 2. The summed E-state index contributed by atoms with van der Waals surface area (Å²) in [5, 5.41) is 6.32. The van der Waals surface area contributed by atoms with Crippen LogP contribution in [0.3, 0.4) is 0 Å². The van der Waals surface area contributed by atoms with Crippen molar-refractivity contribution in [1.29, 1.82) is 0 Å². The minimum Gasteiger partial charge on any atom is -0.379 e. The Morgan fingerprint density at radius 2 is 1.71 bits per heavy atom. The summed E-state index contributed by atoms with van der Waals surface area (Å²) in [5.74, 6) is -0.976. The molecule has 164 valence electrons. The van der Waals surface area contributed by atoms with Gasteiger partial charge < -0.3 is 10.1 Å². The highest BCUT2D eigenvalue weighted by Crippen LogP contribution is 2.17. The number of hydrazone groups is 1. The van der Waals surface area contributed by atoms with E-state index in [1.807, 2.05) is 31.2 Å². The Hall–Kier alpha value is -3.08. The van der Waals surface area contributed by atoms with Crippen LogP contribution in [0.5, 0.6) is 0 Å². The highest BCUT2D eigenvalue weighted by Gasteiger charge is 2.26. The van der Waals surface area contributed by atoms with Gasteiger partial charge in [0.1, 0.15) is 0 Å². The smallest absolute Gasteiger partial charge is 0.259 e. The zero-order valence-corrected chi connectivity index (χ0v) is 17.9. The third-order valence-electron chi connectivity index (χ3n) is 4.61. The Bertz CT molecular complexity index is 1040. The average molecular weight is 445 g/mol. The second kappa shape index (κ2) is 10.3. The number of nitrogens with one attached hydrogen (secondary N) is 2. The van der Waals surface area contributed by atoms with Crippen molar-refractivity contribution >= 4 is 28.1 Å². The molecule has 1 aliphatic heterocycles. The SMILES string of the molecule is Cc1ccc(/C=N/NC(=O)CNC(=O)c2ccc(S(=O)(=O)N3CCOCC3)cc2)cc1. The fourth-order valence-electron chi connectivity index (χ4n) is 2.85. The molecule has 3 rings (SSSR count). The van der Waals surface area contributed by atoms with Crippen LogP contribution in [0, 0.1) is 6.92 Å². The van der Waals surface area contributed by atoms with Gasteiger partial charge in [0.15, 0.2) is 0 Å². The fraction of sp³-hybridized carbons (Fsp3) is 0.286. The summed E-state index contributed by atoms with van der Waals surface area (Å²) in [4.78, 5) is 24.2. The number of carbonyl (C=O) groups excluding carboxylic acids is 2. The van der Waals surface area contributed by atoms with Crippen molar-refractivity contribution in [2.75, 3.05) is 32.8 Å². The molecule has 1 heterocycles. The van der Waals surface area contributed by atoms with Crippen LogP contribution in [0.2, 0.25) is 0 Å². The molecule has 0 unspecified atom stereocenters. The lowest BCUT2D eigenvalue weighted by molar-refractivity contribution is -0.120. The maximum absolute atomic E-state index is 12.6.